The Morgan fingerprint density at radius 2 is 2.44 bits per heavy atom. The number of carbonyl (C=O) groups excluding carboxylic acids is 1. The second-order valence-electron chi connectivity index (χ2n) is 2.81. The van der Waals surface area contributed by atoms with E-state index >= 15 is 0 Å². The first kappa shape index (κ1) is 12.3. The van der Waals surface area contributed by atoms with Gasteiger partial charge in [0, 0.05) is 0 Å². The molecular formula is C11H11ClN2O2. The molecular weight excluding hydrogens is 228 g/mol. The Morgan fingerprint density at radius 3 is 3.06 bits per heavy atom. The van der Waals surface area contributed by atoms with Crippen LogP contribution in [-0.4, -0.2) is 24.1 Å². The zero-order valence-corrected chi connectivity index (χ0v) is 9.54. The highest BCUT2D eigenvalue weighted by Crippen LogP contribution is 2.17. The van der Waals surface area contributed by atoms with Gasteiger partial charge in [0.25, 0.3) is 0 Å². The summed E-state index contributed by atoms with van der Waals surface area (Å²) in [7, 11) is 0. The van der Waals surface area contributed by atoms with Gasteiger partial charge < -0.3 is 10.1 Å². The number of rotatable bonds is 4. The average molecular weight is 239 g/mol. The van der Waals surface area contributed by atoms with Gasteiger partial charge in [0.1, 0.15) is 16.5 Å². The van der Waals surface area contributed by atoms with E-state index in [1.54, 1.807) is 13.0 Å². The molecule has 0 aliphatic carbocycles. The van der Waals surface area contributed by atoms with Gasteiger partial charge >= 0.3 is 5.97 Å². The van der Waals surface area contributed by atoms with Crippen LogP contribution in [0.4, 0.5) is 5.82 Å². The van der Waals surface area contributed by atoms with E-state index in [4.69, 9.17) is 22.8 Å². The van der Waals surface area contributed by atoms with E-state index in [9.17, 15) is 4.79 Å². The SMILES string of the molecule is C#CCNc1nc(Cl)ccc1C(=O)OCC. The van der Waals surface area contributed by atoms with Crippen molar-refractivity contribution in [1.82, 2.24) is 4.98 Å². The van der Waals surface area contributed by atoms with E-state index in [0.29, 0.717) is 18.0 Å². The van der Waals surface area contributed by atoms with Gasteiger partial charge in [-0.25, -0.2) is 9.78 Å². The number of hydrogen-bond donors (Lipinski definition) is 1. The third kappa shape index (κ3) is 3.14. The molecule has 0 saturated heterocycles. The van der Waals surface area contributed by atoms with Crippen LogP contribution in [0.2, 0.25) is 5.15 Å². The summed E-state index contributed by atoms with van der Waals surface area (Å²) < 4.78 is 4.87. The lowest BCUT2D eigenvalue weighted by Gasteiger charge is -2.08. The number of nitrogens with one attached hydrogen (secondary N) is 1. The number of ether oxygens (including phenoxy) is 1. The molecule has 0 fully saturated rings. The maximum absolute atomic E-state index is 11.5. The molecule has 1 aromatic rings. The van der Waals surface area contributed by atoms with Crippen LogP contribution < -0.4 is 5.32 Å². The minimum Gasteiger partial charge on any atom is -0.462 e. The van der Waals surface area contributed by atoms with Gasteiger partial charge in [-0.1, -0.05) is 17.5 Å². The van der Waals surface area contributed by atoms with E-state index < -0.39 is 5.97 Å². The molecule has 1 aromatic heterocycles. The fourth-order valence-electron chi connectivity index (χ4n) is 1.08. The van der Waals surface area contributed by atoms with Crippen LogP contribution in [-0.2, 0) is 4.74 Å². The molecule has 16 heavy (non-hydrogen) atoms. The summed E-state index contributed by atoms with van der Waals surface area (Å²) in [5.41, 5.74) is 0.321. The predicted molar refractivity (Wildman–Crippen MR) is 62.5 cm³/mol. The summed E-state index contributed by atoms with van der Waals surface area (Å²) in [5.74, 6) is 2.27. The van der Waals surface area contributed by atoms with E-state index in [1.165, 1.54) is 6.07 Å². The number of terminal acetylenes is 1. The number of aromatic nitrogens is 1. The van der Waals surface area contributed by atoms with Gasteiger partial charge in [0.05, 0.1) is 13.2 Å². The van der Waals surface area contributed by atoms with Crippen molar-refractivity contribution in [3.63, 3.8) is 0 Å². The smallest absolute Gasteiger partial charge is 0.341 e. The molecule has 0 unspecified atom stereocenters. The number of anilines is 1. The van der Waals surface area contributed by atoms with Crippen LogP contribution >= 0.6 is 11.6 Å². The molecule has 0 radical (unpaired) electrons. The summed E-state index contributed by atoms with van der Waals surface area (Å²) in [6, 6.07) is 3.07. The van der Waals surface area contributed by atoms with E-state index in [2.05, 4.69) is 16.2 Å². The number of halogens is 1. The summed E-state index contributed by atoms with van der Waals surface area (Å²) in [6.45, 7) is 2.30. The van der Waals surface area contributed by atoms with Crippen molar-refractivity contribution in [2.45, 2.75) is 6.92 Å². The van der Waals surface area contributed by atoms with Crippen molar-refractivity contribution < 1.29 is 9.53 Å². The Labute approximate surface area is 99.0 Å². The molecule has 4 nitrogen and oxygen atoms in total. The van der Waals surface area contributed by atoms with Crippen molar-refractivity contribution in [2.24, 2.45) is 0 Å². The first-order chi connectivity index (χ1) is 7.69. The third-order valence-corrected chi connectivity index (χ3v) is 1.93. The van der Waals surface area contributed by atoms with Crippen LogP contribution in [0, 0.1) is 12.3 Å². The molecule has 1 rings (SSSR count). The zero-order chi connectivity index (χ0) is 12.0. The van der Waals surface area contributed by atoms with Crippen molar-refractivity contribution in [2.75, 3.05) is 18.5 Å². The molecule has 1 N–H and O–H groups in total. The maximum Gasteiger partial charge on any atom is 0.341 e. The summed E-state index contributed by atoms with van der Waals surface area (Å²) >= 11 is 5.72. The number of nitrogens with zero attached hydrogens (tertiary/aromatic N) is 1. The highest BCUT2D eigenvalue weighted by atomic mass is 35.5. The van der Waals surface area contributed by atoms with Crippen molar-refractivity contribution in [1.29, 1.82) is 0 Å². The lowest BCUT2D eigenvalue weighted by molar-refractivity contribution is 0.0527. The zero-order valence-electron chi connectivity index (χ0n) is 8.79. The Balaban J connectivity index is 2.98. The van der Waals surface area contributed by atoms with Gasteiger partial charge in [-0.3, -0.25) is 0 Å². The van der Waals surface area contributed by atoms with Crippen LogP contribution in [0.1, 0.15) is 17.3 Å². The molecule has 0 amide bonds. The highest BCUT2D eigenvalue weighted by molar-refractivity contribution is 6.29. The Bertz CT molecular complexity index is 426. The van der Waals surface area contributed by atoms with Gasteiger partial charge in [0.2, 0.25) is 0 Å². The van der Waals surface area contributed by atoms with Gasteiger partial charge in [0.15, 0.2) is 0 Å². The summed E-state index contributed by atoms with van der Waals surface area (Å²) in [5, 5.41) is 3.10. The molecule has 0 saturated carbocycles. The normalized spacial score (nSPS) is 9.31. The fraction of sp³-hybridized carbons (Fsp3) is 0.273. The third-order valence-electron chi connectivity index (χ3n) is 1.71. The minimum atomic E-state index is -0.453. The van der Waals surface area contributed by atoms with Gasteiger partial charge in [-0.05, 0) is 19.1 Å². The Hall–Kier alpha value is -1.73. The van der Waals surface area contributed by atoms with Crippen LogP contribution in [0.3, 0.4) is 0 Å². The second-order valence-corrected chi connectivity index (χ2v) is 3.20. The van der Waals surface area contributed by atoms with Crippen LogP contribution in [0.5, 0.6) is 0 Å². The van der Waals surface area contributed by atoms with Crippen molar-refractivity contribution >= 4 is 23.4 Å². The van der Waals surface area contributed by atoms with Gasteiger partial charge in [-0.2, -0.15) is 0 Å². The molecule has 0 spiro atoms. The summed E-state index contributed by atoms with van der Waals surface area (Å²) in [6.07, 6.45) is 5.11. The maximum atomic E-state index is 11.5. The molecule has 0 aromatic carbocycles. The molecule has 0 aliphatic rings. The standard InChI is InChI=1S/C11H11ClN2O2/c1-3-7-13-10-8(11(15)16-4-2)5-6-9(12)14-10/h1,5-6H,4,7H2,2H3,(H,13,14). The molecule has 1 heterocycles. The Morgan fingerprint density at radius 1 is 1.69 bits per heavy atom. The van der Waals surface area contributed by atoms with Crippen molar-refractivity contribution in [3.8, 4) is 12.3 Å². The quantitative estimate of drug-likeness (QED) is 0.495. The minimum absolute atomic E-state index is 0.264. The molecule has 0 bridgehead atoms. The molecule has 5 heteroatoms. The topological polar surface area (TPSA) is 51.2 Å². The average Bonchev–Trinajstić information content (AvgIpc) is 2.26. The first-order valence-electron chi connectivity index (χ1n) is 4.70. The van der Waals surface area contributed by atoms with Crippen molar-refractivity contribution in [3.05, 3.63) is 22.8 Å². The number of esters is 1. The second kappa shape index (κ2) is 5.99. The molecule has 84 valence electrons. The molecule has 0 atom stereocenters. The van der Waals surface area contributed by atoms with Crippen LogP contribution in [0.15, 0.2) is 12.1 Å². The van der Waals surface area contributed by atoms with Crippen LogP contribution in [0.25, 0.3) is 0 Å². The van der Waals surface area contributed by atoms with Gasteiger partial charge in [-0.15, -0.1) is 6.42 Å². The van der Waals surface area contributed by atoms with E-state index in [-0.39, 0.29) is 11.7 Å². The largest absolute Gasteiger partial charge is 0.462 e. The fourth-order valence-corrected chi connectivity index (χ4v) is 1.23. The number of hydrogen-bond acceptors (Lipinski definition) is 4. The highest BCUT2D eigenvalue weighted by Gasteiger charge is 2.13. The Kier molecular flexibility index (Phi) is 4.62. The monoisotopic (exact) mass is 238 g/mol. The summed E-state index contributed by atoms with van der Waals surface area (Å²) in [4.78, 5) is 15.5. The van der Waals surface area contributed by atoms with E-state index in [1.807, 2.05) is 0 Å². The predicted octanol–water partition coefficient (Wildman–Crippen LogP) is 1.96. The number of pyridine rings is 1. The first-order valence-corrected chi connectivity index (χ1v) is 5.07. The van der Waals surface area contributed by atoms with E-state index in [0.717, 1.165) is 0 Å². The number of carbonyl (C=O) groups is 1. The lowest BCUT2D eigenvalue weighted by atomic mass is 10.2. The molecule has 0 aliphatic heterocycles. The lowest BCUT2D eigenvalue weighted by Crippen LogP contribution is -2.11.